The molecule has 0 saturated heterocycles. The Bertz CT molecular complexity index is 498. The first-order valence-electron chi connectivity index (χ1n) is 6.51. The van der Waals surface area contributed by atoms with Crippen LogP contribution >= 0.6 is 0 Å². The van der Waals surface area contributed by atoms with Crippen LogP contribution in [0.25, 0.3) is 0 Å². The number of carbonyl (C=O) groups excluding carboxylic acids is 1. The van der Waals surface area contributed by atoms with Gasteiger partial charge in [-0.25, -0.2) is 0 Å². The summed E-state index contributed by atoms with van der Waals surface area (Å²) in [6, 6.07) is 7.87. The Labute approximate surface area is 119 Å². The number of hydrogen-bond acceptors (Lipinski definition) is 3. The lowest BCUT2D eigenvalue weighted by Gasteiger charge is -2.24. The van der Waals surface area contributed by atoms with Crippen LogP contribution in [0.2, 0.25) is 0 Å². The van der Waals surface area contributed by atoms with Crippen LogP contribution in [-0.2, 0) is 16.1 Å². The average Bonchev–Trinajstić information content (AvgIpc) is 2.38. The molecule has 1 rings (SSSR count). The molecule has 0 aromatic heterocycles. The first-order valence-corrected chi connectivity index (χ1v) is 6.51. The van der Waals surface area contributed by atoms with E-state index in [4.69, 9.17) is 5.11 Å². The number of carboxylic acid groups (broad SMARTS) is 1. The highest BCUT2D eigenvalue weighted by molar-refractivity contribution is 5.81. The number of nitrogens with zero attached hydrogens (tertiary/aromatic N) is 1. The molecule has 0 spiro atoms. The molecular formula is C15H22N2O3. The Balaban J connectivity index is 2.56. The number of rotatable bonds is 6. The van der Waals surface area contributed by atoms with Gasteiger partial charge < -0.3 is 10.0 Å². The van der Waals surface area contributed by atoms with Gasteiger partial charge in [-0.15, -0.1) is 0 Å². The van der Waals surface area contributed by atoms with E-state index in [1.54, 1.807) is 11.9 Å². The Kier molecular flexibility index (Phi) is 5.27. The lowest BCUT2D eigenvalue weighted by atomic mass is 10.1. The van der Waals surface area contributed by atoms with Gasteiger partial charge in [0.15, 0.2) is 0 Å². The van der Waals surface area contributed by atoms with E-state index in [9.17, 15) is 9.59 Å². The van der Waals surface area contributed by atoms with Gasteiger partial charge in [-0.2, -0.15) is 0 Å². The van der Waals surface area contributed by atoms with E-state index < -0.39 is 11.5 Å². The Morgan fingerprint density at radius 2 is 1.90 bits per heavy atom. The van der Waals surface area contributed by atoms with Crippen molar-refractivity contribution in [1.29, 1.82) is 0 Å². The molecule has 1 aromatic rings. The highest BCUT2D eigenvalue weighted by atomic mass is 16.4. The molecule has 0 atom stereocenters. The second-order valence-corrected chi connectivity index (χ2v) is 5.46. The number of aliphatic carboxylic acids is 1. The third-order valence-corrected chi connectivity index (χ3v) is 3.31. The second kappa shape index (κ2) is 6.52. The van der Waals surface area contributed by atoms with E-state index in [2.05, 4.69) is 5.32 Å². The molecule has 0 saturated carbocycles. The maximum atomic E-state index is 12.0. The minimum atomic E-state index is -1.11. The summed E-state index contributed by atoms with van der Waals surface area (Å²) in [4.78, 5) is 24.5. The summed E-state index contributed by atoms with van der Waals surface area (Å²) in [5, 5.41) is 11.7. The van der Waals surface area contributed by atoms with Gasteiger partial charge in [-0.1, -0.05) is 24.3 Å². The van der Waals surface area contributed by atoms with Gasteiger partial charge in [0.05, 0.1) is 6.54 Å². The van der Waals surface area contributed by atoms with E-state index in [-0.39, 0.29) is 12.5 Å². The zero-order chi connectivity index (χ0) is 15.3. The minimum absolute atomic E-state index is 0.00167. The molecule has 0 bridgehead atoms. The topological polar surface area (TPSA) is 69.6 Å². The fourth-order valence-electron chi connectivity index (χ4n) is 1.64. The molecule has 2 N–H and O–H groups in total. The Morgan fingerprint density at radius 3 is 2.45 bits per heavy atom. The Hall–Kier alpha value is -1.88. The van der Waals surface area contributed by atoms with Crippen LogP contribution in [-0.4, -0.2) is 41.0 Å². The van der Waals surface area contributed by atoms with Crippen molar-refractivity contribution in [2.45, 2.75) is 32.9 Å². The fourth-order valence-corrected chi connectivity index (χ4v) is 1.64. The first kappa shape index (κ1) is 16.2. The number of carboxylic acids is 1. The van der Waals surface area contributed by atoms with Crippen LogP contribution in [0.15, 0.2) is 24.3 Å². The monoisotopic (exact) mass is 278 g/mol. The van der Waals surface area contributed by atoms with Gasteiger partial charge in [0.25, 0.3) is 0 Å². The lowest BCUT2D eigenvalue weighted by molar-refractivity contribution is -0.143. The second-order valence-electron chi connectivity index (χ2n) is 5.46. The molecule has 0 aliphatic rings. The normalized spacial score (nSPS) is 11.2. The molecule has 5 heteroatoms. The fraction of sp³-hybridized carbons (Fsp3) is 0.467. The SMILES string of the molecule is Cc1ccccc1CN(C)C(=O)CNC(C)(C)C(=O)O. The standard InChI is InChI=1S/C15H22N2O3/c1-11-7-5-6-8-12(11)10-17(4)13(18)9-16-15(2,3)14(19)20/h5-8,16H,9-10H2,1-4H3,(H,19,20). The molecule has 0 aliphatic carbocycles. The third kappa shape index (κ3) is 4.35. The summed E-state index contributed by atoms with van der Waals surface area (Å²) in [5.41, 5.74) is 1.10. The van der Waals surface area contributed by atoms with Crippen molar-refractivity contribution in [3.8, 4) is 0 Å². The van der Waals surface area contributed by atoms with Crippen molar-refractivity contribution in [2.75, 3.05) is 13.6 Å². The van der Waals surface area contributed by atoms with Crippen molar-refractivity contribution >= 4 is 11.9 Å². The molecule has 5 nitrogen and oxygen atoms in total. The summed E-state index contributed by atoms with van der Waals surface area (Å²) >= 11 is 0. The van der Waals surface area contributed by atoms with Gasteiger partial charge >= 0.3 is 5.97 Å². The van der Waals surface area contributed by atoms with Crippen LogP contribution in [0.4, 0.5) is 0 Å². The summed E-state index contributed by atoms with van der Waals surface area (Å²) < 4.78 is 0. The molecule has 1 amide bonds. The quantitative estimate of drug-likeness (QED) is 0.825. The largest absolute Gasteiger partial charge is 0.480 e. The molecule has 20 heavy (non-hydrogen) atoms. The number of hydrogen-bond donors (Lipinski definition) is 2. The van der Waals surface area contributed by atoms with Crippen LogP contribution in [0.5, 0.6) is 0 Å². The van der Waals surface area contributed by atoms with Crippen molar-refractivity contribution < 1.29 is 14.7 Å². The molecule has 0 heterocycles. The predicted octanol–water partition coefficient (Wildman–Crippen LogP) is 1.41. The first-order chi connectivity index (χ1) is 9.24. The third-order valence-electron chi connectivity index (χ3n) is 3.31. The van der Waals surface area contributed by atoms with E-state index in [0.717, 1.165) is 11.1 Å². The number of nitrogens with one attached hydrogen (secondary N) is 1. The highest BCUT2D eigenvalue weighted by Gasteiger charge is 2.27. The van der Waals surface area contributed by atoms with E-state index in [0.29, 0.717) is 6.54 Å². The number of aryl methyl sites for hydroxylation is 1. The maximum Gasteiger partial charge on any atom is 0.323 e. The van der Waals surface area contributed by atoms with E-state index in [1.165, 1.54) is 13.8 Å². The van der Waals surface area contributed by atoms with Crippen molar-refractivity contribution in [1.82, 2.24) is 10.2 Å². The molecule has 0 unspecified atom stereocenters. The predicted molar refractivity (Wildman–Crippen MR) is 77.4 cm³/mol. The van der Waals surface area contributed by atoms with Crippen LogP contribution in [0.1, 0.15) is 25.0 Å². The molecule has 0 radical (unpaired) electrons. The van der Waals surface area contributed by atoms with E-state index >= 15 is 0 Å². The van der Waals surface area contributed by atoms with Crippen molar-refractivity contribution in [3.05, 3.63) is 35.4 Å². The molecule has 1 aromatic carbocycles. The molecule has 0 aliphatic heterocycles. The maximum absolute atomic E-state index is 12.0. The van der Waals surface area contributed by atoms with Gasteiger partial charge in [0.2, 0.25) is 5.91 Å². The van der Waals surface area contributed by atoms with E-state index in [1.807, 2.05) is 31.2 Å². The summed E-state index contributed by atoms with van der Waals surface area (Å²) in [6.45, 7) is 5.58. The summed E-state index contributed by atoms with van der Waals surface area (Å²) in [5.74, 6) is -1.12. The highest BCUT2D eigenvalue weighted by Crippen LogP contribution is 2.09. The van der Waals surface area contributed by atoms with Crippen LogP contribution in [0, 0.1) is 6.92 Å². The van der Waals surface area contributed by atoms with Gasteiger partial charge in [-0.05, 0) is 31.9 Å². The number of amides is 1. The lowest BCUT2D eigenvalue weighted by Crippen LogP contribution is -2.50. The van der Waals surface area contributed by atoms with Crippen LogP contribution < -0.4 is 5.32 Å². The van der Waals surface area contributed by atoms with Crippen molar-refractivity contribution in [2.24, 2.45) is 0 Å². The smallest absolute Gasteiger partial charge is 0.323 e. The zero-order valence-corrected chi connectivity index (χ0v) is 12.4. The minimum Gasteiger partial charge on any atom is -0.480 e. The van der Waals surface area contributed by atoms with Gasteiger partial charge in [-0.3, -0.25) is 14.9 Å². The molecule has 0 fully saturated rings. The molecule has 110 valence electrons. The molecular weight excluding hydrogens is 256 g/mol. The van der Waals surface area contributed by atoms with Crippen molar-refractivity contribution in [3.63, 3.8) is 0 Å². The average molecular weight is 278 g/mol. The number of carbonyl (C=O) groups is 2. The number of benzene rings is 1. The van der Waals surface area contributed by atoms with Crippen LogP contribution in [0.3, 0.4) is 0 Å². The van der Waals surface area contributed by atoms with Gasteiger partial charge in [0.1, 0.15) is 5.54 Å². The van der Waals surface area contributed by atoms with Gasteiger partial charge in [0, 0.05) is 13.6 Å². The number of likely N-dealkylation sites (N-methyl/N-ethyl adjacent to an activating group) is 1. The summed E-state index contributed by atoms with van der Waals surface area (Å²) in [6.07, 6.45) is 0. The summed E-state index contributed by atoms with van der Waals surface area (Å²) in [7, 11) is 1.71. The zero-order valence-electron chi connectivity index (χ0n) is 12.4. The Morgan fingerprint density at radius 1 is 1.30 bits per heavy atom.